The van der Waals surface area contributed by atoms with Crippen LogP contribution in [0.15, 0.2) is 72.9 Å². The molecule has 0 rings (SSSR count). The van der Waals surface area contributed by atoms with Gasteiger partial charge in [-0.2, -0.15) is 0 Å². The minimum absolute atomic E-state index is 0.377. The van der Waals surface area contributed by atoms with E-state index in [2.05, 4.69) is 67.7 Å². The van der Waals surface area contributed by atoms with Crippen molar-refractivity contribution >= 4 is 5.97 Å². The largest absolute Gasteiger partial charge is 0.457 e. The van der Waals surface area contributed by atoms with Crippen molar-refractivity contribution in [3.05, 3.63) is 72.9 Å². The predicted octanol–water partition coefficient (Wildman–Crippen LogP) is 6.00. The Morgan fingerprint density at radius 3 is 1.42 bits per heavy atom. The molecule has 4 heteroatoms. The average Bonchev–Trinajstić information content (AvgIpc) is 2.76. The molecule has 0 amide bonds. The van der Waals surface area contributed by atoms with Crippen LogP contribution in [0, 0.1) is 5.41 Å². The Bertz CT molecular complexity index is 617. The molecule has 0 saturated carbocycles. The third kappa shape index (κ3) is 17.2. The summed E-state index contributed by atoms with van der Waals surface area (Å²) in [6.07, 6.45) is 31.2. The molecular formula is C27H42O4. The first-order valence-corrected chi connectivity index (χ1v) is 11.3. The predicted molar refractivity (Wildman–Crippen MR) is 131 cm³/mol. The molecule has 0 bridgehead atoms. The highest BCUT2D eigenvalue weighted by Gasteiger charge is 2.29. The van der Waals surface area contributed by atoms with Crippen molar-refractivity contribution in [2.45, 2.75) is 71.8 Å². The van der Waals surface area contributed by atoms with Gasteiger partial charge in [0.15, 0.2) is 0 Å². The maximum absolute atomic E-state index is 12.1. The fraction of sp³-hybridized carbons (Fsp3) is 0.519. The highest BCUT2D eigenvalue weighted by Crippen LogP contribution is 2.23. The number of allylic oxidation sites excluding steroid dienone is 12. The van der Waals surface area contributed by atoms with Crippen molar-refractivity contribution in [2.24, 2.45) is 5.41 Å². The molecule has 0 aliphatic carbocycles. The van der Waals surface area contributed by atoms with E-state index in [9.17, 15) is 4.79 Å². The normalized spacial score (nSPS) is 13.5. The van der Waals surface area contributed by atoms with Gasteiger partial charge in [-0.1, -0.05) is 79.8 Å². The van der Waals surface area contributed by atoms with Gasteiger partial charge in [-0.3, -0.25) is 4.79 Å². The number of carbonyl (C=O) groups excluding carboxylic acids is 1. The number of aliphatic hydroxyl groups is 2. The van der Waals surface area contributed by atoms with Gasteiger partial charge in [0.2, 0.25) is 0 Å². The van der Waals surface area contributed by atoms with Crippen molar-refractivity contribution in [3.8, 4) is 0 Å². The van der Waals surface area contributed by atoms with Gasteiger partial charge >= 0.3 is 5.97 Å². The highest BCUT2D eigenvalue weighted by atomic mass is 16.6. The van der Waals surface area contributed by atoms with Crippen LogP contribution >= 0.6 is 0 Å². The summed E-state index contributed by atoms with van der Waals surface area (Å²) in [5.74, 6) is -0.417. The maximum Gasteiger partial charge on any atom is 0.312 e. The van der Waals surface area contributed by atoms with Crippen LogP contribution in [0.4, 0.5) is 0 Å². The van der Waals surface area contributed by atoms with Crippen LogP contribution in [0.2, 0.25) is 0 Å². The molecule has 0 saturated heterocycles. The Labute approximate surface area is 189 Å². The number of hydrogen-bond donors (Lipinski definition) is 2. The first-order valence-electron chi connectivity index (χ1n) is 11.3. The van der Waals surface area contributed by atoms with Crippen LogP contribution in [-0.2, 0) is 9.53 Å². The zero-order valence-corrected chi connectivity index (χ0v) is 19.6. The molecule has 0 heterocycles. The van der Waals surface area contributed by atoms with Crippen LogP contribution in [0.3, 0.4) is 0 Å². The lowest BCUT2D eigenvalue weighted by Crippen LogP contribution is -2.33. The van der Waals surface area contributed by atoms with Gasteiger partial charge in [-0.05, 0) is 58.8 Å². The molecule has 4 nitrogen and oxygen atoms in total. The molecular weight excluding hydrogens is 388 g/mol. The number of rotatable bonds is 17. The second-order valence-corrected chi connectivity index (χ2v) is 7.90. The fourth-order valence-corrected chi connectivity index (χ4v) is 2.43. The van der Waals surface area contributed by atoms with E-state index in [1.165, 1.54) is 0 Å². The average molecular weight is 431 g/mol. The molecule has 0 aliphatic heterocycles. The van der Waals surface area contributed by atoms with E-state index < -0.39 is 17.5 Å². The van der Waals surface area contributed by atoms with E-state index in [1.807, 2.05) is 12.2 Å². The molecule has 0 aromatic rings. The summed E-state index contributed by atoms with van der Waals surface area (Å²) in [5.41, 5.74) is -0.694. The maximum atomic E-state index is 12.1. The number of carbonyl (C=O) groups is 1. The Hall–Kier alpha value is -2.17. The van der Waals surface area contributed by atoms with Crippen LogP contribution in [0.1, 0.15) is 65.7 Å². The lowest BCUT2D eigenvalue weighted by atomic mass is 9.89. The van der Waals surface area contributed by atoms with Crippen molar-refractivity contribution in [3.63, 3.8) is 0 Å². The fourth-order valence-electron chi connectivity index (χ4n) is 2.43. The molecule has 0 spiro atoms. The molecule has 2 N–H and O–H groups in total. The Balaban J connectivity index is 3.92. The summed E-state index contributed by atoms with van der Waals surface area (Å²) in [7, 11) is 0. The van der Waals surface area contributed by atoms with E-state index in [1.54, 1.807) is 13.8 Å². The number of aliphatic hydroxyl groups excluding tert-OH is 2. The number of ether oxygens (including phenoxy) is 1. The van der Waals surface area contributed by atoms with E-state index in [0.29, 0.717) is 6.42 Å². The Morgan fingerprint density at radius 2 is 1.06 bits per heavy atom. The van der Waals surface area contributed by atoms with Crippen LogP contribution < -0.4 is 0 Å². The van der Waals surface area contributed by atoms with Gasteiger partial charge in [-0.25, -0.2) is 0 Å². The van der Waals surface area contributed by atoms with Gasteiger partial charge < -0.3 is 14.9 Å². The first-order chi connectivity index (χ1) is 15.0. The van der Waals surface area contributed by atoms with Crippen LogP contribution in [-0.4, -0.2) is 35.5 Å². The highest BCUT2D eigenvalue weighted by molar-refractivity contribution is 5.76. The van der Waals surface area contributed by atoms with Gasteiger partial charge in [-0.15, -0.1) is 0 Å². The summed E-state index contributed by atoms with van der Waals surface area (Å²) < 4.78 is 5.10. The molecule has 0 aromatic carbocycles. The molecule has 0 radical (unpaired) electrons. The summed E-state index contributed by atoms with van der Waals surface area (Å²) >= 11 is 0. The van der Waals surface area contributed by atoms with E-state index >= 15 is 0 Å². The quantitative estimate of drug-likeness (QED) is 0.219. The first kappa shape index (κ1) is 28.8. The monoisotopic (exact) mass is 430 g/mol. The molecule has 0 fully saturated rings. The second-order valence-electron chi connectivity index (χ2n) is 7.90. The summed E-state index contributed by atoms with van der Waals surface area (Å²) in [6.45, 7) is 4.98. The molecule has 174 valence electrons. The van der Waals surface area contributed by atoms with E-state index in [0.717, 1.165) is 38.5 Å². The lowest BCUT2D eigenvalue weighted by molar-refractivity contribution is -0.163. The van der Waals surface area contributed by atoms with Crippen molar-refractivity contribution in [2.75, 3.05) is 13.2 Å². The number of esters is 1. The summed E-state index contributed by atoms with van der Waals surface area (Å²) in [4.78, 5) is 12.1. The minimum Gasteiger partial charge on any atom is -0.457 e. The molecule has 0 aliphatic rings. The van der Waals surface area contributed by atoms with Crippen LogP contribution in [0.5, 0.6) is 0 Å². The molecule has 0 aromatic heterocycles. The second kappa shape index (κ2) is 19.8. The summed E-state index contributed by atoms with van der Waals surface area (Å²) in [5, 5.41) is 18.0. The number of hydrogen-bond acceptors (Lipinski definition) is 4. The zero-order valence-electron chi connectivity index (χ0n) is 19.6. The van der Waals surface area contributed by atoms with E-state index in [-0.39, 0.29) is 13.2 Å². The Morgan fingerprint density at radius 1 is 0.710 bits per heavy atom. The van der Waals surface area contributed by atoms with Crippen molar-refractivity contribution in [1.29, 1.82) is 0 Å². The summed E-state index contributed by atoms with van der Waals surface area (Å²) in [6, 6.07) is 0. The molecule has 0 atom stereocenters. The van der Waals surface area contributed by atoms with Crippen LogP contribution in [0.25, 0.3) is 0 Å². The van der Waals surface area contributed by atoms with Gasteiger partial charge in [0, 0.05) is 0 Å². The lowest BCUT2D eigenvalue weighted by Gasteiger charge is -2.23. The van der Waals surface area contributed by atoms with Crippen molar-refractivity contribution < 1.29 is 19.7 Å². The SMILES string of the molecule is CC/C=C\C/C=C\C/C=C\C/C=C\C/C=C\C/C=C\CC(C)(C)C(=O)OC(CO)CO. The smallest absolute Gasteiger partial charge is 0.312 e. The third-order valence-electron chi connectivity index (χ3n) is 4.46. The third-order valence-corrected chi connectivity index (χ3v) is 4.46. The van der Waals surface area contributed by atoms with Gasteiger partial charge in [0.05, 0.1) is 18.6 Å². The van der Waals surface area contributed by atoms with Gasteiger partial charge in [0.1, 0.15) is 6.10 Å². The standard InChI is InChI=1S/C27H42O4/c1-4-5-6-7-8-9-10-11-12-13-14-15-16-17-18-19-20-21-22-27(2,3)26(30)31-25(23-28)24-29/h5-6,8-9,11-12,14-15,17-18,20-21,25,28-29H,4,7,10,13,16,19,22-24H2,1-3H3/b6-5-,9-8-,12-11-,15-14-,18-17-,21-20-. The zero-order chi connectivity index (χ0) is 23.2. The molecule has 0 unspecified atom stereocenters. The minimum atomic E-state index is -0.850. The van der Waals surface area contributed by atoms with Crippen molar-refractivity contribution in [1.82, 2.24) is 0 Å². The molecule has 31 heavy (non-hydrogen) atoms. The Kier molecular flexibility index (Phi) is 18.4. The van der Waals surface area contributed by atoms with Gasteiger partial charge in [0.25, 0.3) is 0 Å². The topological polar surface area (TPSA) is 66.8 Å². The van der Waals surface area contributed by atoms with E-state index in [4.69, 9.17) is 14.9 Å².